The van der Waals surface area contributed by atoms with Crippen molar-refractivity contribution in [2.75, 3.05) is 40.0 Å². The van der Waals surface area contributed by atoms with Gasteiger partial charge in [-0.15, -0.1) is 0 Å². The Balaban J connectivity index is 1.46. The van der Waals surface area contributed by atoms with Gasteiger partial charge in [0.2, 0.25) is 0 Å². The summed E-state index contributed by atoms with van der Waals surface area (Å²) >= 11 is 0. The fourth-order valence-corrected chi connectivity index (χ4v) is 3.71. The second-order valence-electron chi connectivity index (χ2n) is 6.70. The van der Waals surface area contributed by atoms with Crippen molar-refractivity contribution >= 4 is 0 Å². The quantitative estimate of drug-likeness (QED) is 0.839. The lowest BCUT2D eigenvalue weighted by atomic mass is 9.94. The maximum atomic E-state index is 10.5. The van der Waals surface area contributed by atoms with Gasteiger partial charge in [-0.05, 0) is 19.9 Å². The molecule has 2 aliphatic heterocycles. The molecule has 20 heavy (non-hydrogen) atoms. The van der Waals surface area contributed by atoms with Gasteiger partial charge >= 0.3 is 0 Å². The van der Waals surface area contributed by atoms with E-state index >= 15 is 0 Å². The van der Waals surface area contributed by atoms with Gasteiger partial charge in [0.25, 0.3) is 0 Å². The van der Waals surface area contributed by atoms with E-state index in [1.807, 2.05) is 0 Å². The number of ether oxygens (including phenoxy) is 3. The Bertz CT molecular complexity index is 324. The van der Waals surface area contributed by atoms with Crippen LogP contribution < -0.4 is 0 Å². The molecule has 1 unspecified atom stereocenters. The van der Waals surface area contributed by atoms with Crippen LogP contribution in [-0.4, -0.2) is 67.5 Å². The zero-order chi connectivity index (χ0) is 14.1. The van der Waals surface area contributed by atoms with Gasteiger partial charge < -0.3 is 24.2 Å². The monoisotopic (exact) mass is 285 g/mol. The third-order valence-corrected chi connectivity index (χ3v) is 4.78. The molecule has 1 saturated carbocycles. The molecule has 2 saturated heterocycles. The summed E-state index contributed by atoms with van der Waals surface area (Å²) in [6.07, 6.45) is 6.08. The maximum Gasteiger partial charge on any atom is 0.168 e. The van der Waals surface area contributed by atoms with Crippen molar-refractivity contribution in [1.82, 2.24) is 4.90 Å². The molecule has 1 N–H and O–H groups in total. The Hall–Kier alpha value is -0.200. The van der Waals surface area contributed by atoms with E-state index in [0.717, 1.165) is 32.2 Å². The normalized spacial score (nSPS) is 32.2. The van der Waals surface area contributed by atoms with Crippen LogP contribution in [0.1, 0.15) is 38.5 Å². The van der Waals surface area contributed by atoms with Crippen LogP contribution in [0.25, 0.3) is 0 Å². The standard InChI is InChI=1S/C15H27NO4/c1-16(12-14(17)6-8-18-9-7-14)10-13-11-19-15(20-13)4-2-3-5-15/h13,17H,2-12H2,1H3. The highest BCUT2D eigenvalue weighted by Gasteiger charge is 2.44. The number of hydrogen-bond acceptors (Lipinski definition) is 5. The Kier molecular flexibility index (Phi) is 4.34. The highest BCUT2D eigenvalue weighted by molar-refractivity contribution is 4.87. The van der Waals surface area contributed by atoms with E-state index in [9.17, 15) is 5.11 Å². The third-order valence-electron chi connectivity index (χ3n) is 4.78. The van der Waals surface area contributed by atoms with E-state index in [1.165, 1.54) is 12.8 Å². The molecule has 116 valence electrons. The molecule has 1 spiro atoms. The minimum absolute atomic E-state index is 0.140. The lowest BCUT2D eigenvalue weighted by molar-refractivity contribution is -0.164. The molecular formula is C15H27NO4. The molecule has 1 aliphatic carbocycles. The lowest BCUT2D eigenvalue weighted by Gasteiger charge is -2.36. The summed E-state index contributed by atoms with van der Waals surface area (Å²) in [5.74, 6) is -0.277. The van der Waals surface area contributed by atoms with Gasteiger partial charge in [-0.2, -0.15) is 0 Å². The first-order chi connectivity index (χ1) is 9.59. The minimum atomic E-state index is -0.600. The average Bonchev–Trinajstić information content (AvgIpc) is 3.00. The van der Waals surface area contributed by atoms with E-state index in [4.69, 9.17) is 14.2 Å². The van der Waals surface area contributed by atoms with Gasteiger partial charge in [-0.3, -0.25) is 0 Å². The highest BCUT2D eigenvalue weighted by Crippen LogP contribution is 2.39. The maximum absolute atomic E-state index is 10.5. The summed E-state index contributed by atoms with van der Waals surface area (Å²) in [6.45, 7) is 3.52. The molecule has 5 nitrogen and oxygen atoms in total. The molecule has 2 heterocycles. The minimum Gasteiger partial charge on any atom is -0.388 e. The molecule has 1 atom stereocenters. The van der Waals surface area contributed by atoms with Crippen LogP contribution in [0.4, 0.5) is 0 Å². The fraction of sp³-hybridized carbons (Fsp3) is 1.00. The Morgan fingerprint density at radius 3 is 2.55 bits per heavy atom. The van der Waals surface area contributed by atoms with Crippen molar-refractivity contribution in [2.45, 2.75) is 56.0 Å². The van der Waals surface area contributed by atoms with Gasteiger partial charge in [0.05, 0.1) is 18.3 Å². The zero-order valence-electron chi connectivity index (χ0n) is 12.5. The van der Waals surface area contributed by atoms with Crippen LogP contribution in [0.15, 0.2) is 0 Å². The van der Waals surface area contributed by atoms with Crippen molar-refractivity contribution in [3.63, 3.8) is 0 Å². The molecule has 0 aromatic rings. The summed E-state index contributed by atoms with van der Waals surface area (Å²) < 4.78 is 17.4. The molecule has 0 radical (unpaired) electrons. The van der Waals surface area contributed by atoms with Crippen molar-refractivity contribution < 1.29 is 19.3 Å². The van der Waals surface area contributed by atoms with Gasteiger partial charge in [-0.25, -0.2) is 0 Å². The molecule has 3 aliphatic rings. The number of hydrogen-bond donors (Lipinski definition) is 1. The van der Waals surface area contributed by atoms with E-state index < -0.39 is 5.60 Å². The van der Waals surface area contributed by atoms with E-state index in [0.29, 0.717) is 26.4 Å². The number of rotatable bonds is 4. The van der Waals surface area contributed by atoms with Crippen LogP contribution in [0, 0.1) is 0 Å². The zero-order valence-corrected chi connectivity index (χ0v) is 12.5. The molecule has 0 aromatic heterocycles. The Morgan fingerprint density at radius 1 is 1.15 bits per heavy atom. The predicted octanol–water partition coefficient (Wildman–Crippen LogP) is 1.15. The molecule has 0 amide bonds. The highest BCUT2D eigenvalue weighted by atomic mass is 16.7. The summed E-state index contributed by atoms with van der Waals surface area (Å²) in [4.78, 5) is 2.17. The fourth-order valence-electron chi connectivity index (χ4n) is 3.71. The van der Waals surface area contributed by atoms with Crippen LogP contribution >= 0.6 is 0 Å². The van der Waals surface area contributed by atoms with Gasteiger partial charge in [-0.1, -0.05) is 0 Å². The summed E-state index contributed by atoms with van der Waals surface area (Å²) in [7, 11) is 2.05. The van der Waals surface area contributed by atoms with E-state index in [-0.39, 0.29) is 11.9 Å². The second kappa shape index (κ2) is 5.89. The summed E-state index contributed by atoms with van der Waals surface area (Å²) in [6, 6.07) is 0. The Morgan fingerprint density at radius 2 is 1.85 bits per heavy atom. The summed E-state index contributed by atoms with van der Waals surface area (Å²) in [5.41, 5.74) is -0.600. The second-order valence-corrected chi connectivity index (χ2v) is 6.70. The molecule has 5 heteroatoms. The van der Waals surface area contributed by atoms with Crippen molar-refractivity contribution in [3.05, 3.63) is 0 Å². The number of aliphatic hydroxyl groups is 1. The van der Waals surface area contributed by atoms with Gasteiger partial charge in [0.1, 0.15) is 0 Å². The van der Waals surface area contributed by atoms with E-state index in [1.54, 1.807) is 0 Å². The lowest BCUT2D eigenvalue weighted by Crippen LogP contribution is -2.47. The van der Waals surface area contributed by atoms with Crippen molar-refractivity contribution in [1.29, 1.82) is 0 Å². The molecule has 3 fully saturated rings. The first-order valence-corrected chi connectivity index (χ1v) is 7.90. The first kappa shape index (κ1) is 14.7. The molecule has 3 rings (SSSR count). The molecule has 0 aromatic carbocycles. The van der Waals surface area contributed by atoms with Crippen LogP contribution in [-0.2, 0) is 14.2 Å². The van der Waals surface area contributed by atoms with Crippen molar-refractivity contribution in [2.24, 2.45) is 0 Å². The number of likely N-dealkylation sites (N-methyl/N-ethyl adjacent to an activating group) is 1. The van der Waals surface area contributed by atoms with E-state index in [2.05, 4.69) is 11.9 Å². The first-order valence-electron chi connectivity index (χ1n) is 7.90. The van der Waals surface area contributed by atoms with Crippen LogP contribution in [0.3, 0.4) is 0 Å². The van der Waals surface area contributed by atoms with Gasteiger partial charge in [0, 0.05) is 52.0 Å². The number of nitrogens with zero attached hydrogens (tertiary/aromatic N) is 1. The van der Waals surface area contributed by atoms with Crippen LogP contribution in [0.5, 0.6) is 0 Å². The third kappa shape index (κ3) is 3.34. The molecule has 0 bridgehead atoms. The van der Waals surface area contributed by atoms with Crippen molar-refractivity contribution in [3.8, 4) is 0 Å². The topological polar surface area (TPSA) is 51.2 Å². The summed E-state index contributed by atoms with van der Waals surface area (Å²) in [5, 5.41) is 10.5. The average molecular weight is 285 g/mol. The largest absolute Gasteiger partial charge is 0.388 e. The van der Waals surface area contributed by atoms with Crippen LogP contribution in [0.2, 0.25) is 0 Å². The predicted molar refractivity (Wildman–Crippen MR) is 74.5 cm³/mol. The smallest absolute Gasteiger partial charge is 0.168 e. The SMILES string of the molecule is CN(CC1COC2(CCCC2)O1)CC1(O)CCOCC1. The molecular weight excluding hydrogens is 258 g/mol. The van der Waals surface area contributed by atoms with Gasteiger partial charge in [0.15, 0.2) is 5.79 Å². The Labute approximate surface area is 121 Å².